The van der Waals surface area contributed by atoms with Crippen molar-refractivity contribution in [3.8, 4) is 0 Å². The van der Waals surface area contributed by atoms with Gasteiger partial charge in [-0.25, -0.2) is 17.9 Å². The summed E-state index contributed by atoms with van der Waals surface area (Å²) in [6.45, 7) is 0. The van der Waals surface area contributed by atoms with Crippen molar-refractivity contribution >= 4 is 37.8 Å². The van der Waals surface area contributed by atoms with Crippen molar-refractivity contribution in [1.82, 2.24) is 10.0 Å². The Kier molecular flexibility index (Phi) is 4.64. The van der Waals surface area contributed by atoms with Gasteiger partial charge in [0.15, 0.2) is 6.04 Å². The first-order valence-electron chi connectivity index (χ1n) is 6.08. The van der Waals surface area contributed by atoms with Crippen LogP contribution >= 0.6 is 15.9 Å². The van der Waals surface area contributed by atoms with Gasteiger partial charge in [-0.2, -0.15) is 0 Å². The van der Waals surface area contributed by atoms with Crippen molar-refractivity contribution in [2.45, 2.75) is 18.5 Å². The van der Waals surface area contributed by atoms with Gasteiger partial charge in [-0.15, -0.1) is 0 Å². The van der Waals surface area contributed by atoms with Crippen LogP contribution in [0, 0.1) is 0 Å². The molecule has 0 aromatic heterocycles. The van der Waals surface area contributed by atoms with Gasteiger partial charge in [0.1, 0.15) is 6.04 Å². The van der Waals surface area contributed by atoms with E-state index in [1.165, 1.54) is 0 Å². The van der Waals surface area contributed by atoms with E-state index < -0.39 is 34.0 Å². The van der Waals surface area contributed by atoms with E-state index in [1.807, 2.05) is 0 Å². The van der Waals surface area contributed by atoms with Gasteiger partial charge >= 0.3 is 5.97 Å². The van der Waals surface area contributed by atoms with Crippen LogP contribution in [-0.4, -0.2) is 37.2 Å². The number of benzene rings is 1. The molecule has 1 aliphatic rings. The number of halogens is 1. The molecule has 2 atom stereocenters. The summed E-state index contributed by atoms with van der Waals surface area (Å²) in [5.41, 5.74) is 0.388. The lowest BCUT2D eigenvalue weighted by Gasteiger charge is -2.18. The molecule has 1 heterocycles. The van der Waals surface area contributed by atoms with Crippen molar-refractivity contribution in [1.29, 1.82) is 0 Å². The van der Waals surface area contributed by atoms with Gasteiger partial charge in [-0.05, 0) is 18.1 Å². The summed E-state index contributed by atoms with van der Waals surface area (Å²) in [6, 6.07) is 4.43. The Morgan fingerprint density at radius 1 is 1.38 bits per heavy atom. The minimum Gasteiger partial charge on any atom is -0.479 e. The summed E-state index contributed by atoms with van der Waals surface area (Å²) in [4.78, 5) is 23.4. The zero-order valence-corrected chi connectivity index (χ0v) is 13.1. The minimum absolute atomic E-state index is 0.121. The second kappa shape index (κ2) is 6.12. The predicted octanol–water partition coefficient (Wildman–Crippen LogP) is 0.383. The van der Waals surface area contributed by atoms with Crippen molar-refractivity contribution in [3.05, 3.63) is 34.3 Å². The number of carbonyl (C=O) groups is 2. The van der Waals surface area contributed by atoms with Crippen LogP contribution in [0.25, 0.3) is 0 Å². The van der Waals surface area contributed by atoms with E-state index in [1.54, 1.807) is 24.3 Å². The molecule has 1 aliphatic heterocycles. The molecule has 114 valence electrons. The van der Waals surface area contributed by atoms with Crippen LogP contribution in [0.15, 0.2) is 28.7 Å². The zero-order valence-electron chi connectivity index (χ0n) is 10.7. The number of nitrogens with one attached hydrogen (secondary N) is 2. The van der Waals surface area contributed by atoms with E-state index in [0.717, 1.165) is 0 Å². The number of amides is 1. The molecule has 2 rings (SSSR count). The number of rotatable bonds is 4. The number of aliphatic carboxylic acids is 1. The highest BCUT2D eigenvalue weighted by atomic mass is 79.9. The van der Waals surface area contributed by atoms with Gasteiger partial charge in [-0.1, -0.05) is 34.1 Å². The summed E-state index contributed by atoms with van der Waals surface area (Å²) in [6.07, 6.45) is 0.121. The Labute approximate surface area is 129 Å². The van der Waals surface area contributed by atoms with Gasteiger partial charge in [0.2, 0.25) is 15.9 Å². The van der Waals surface area contributed by atoms with E-state index in [9.17, 15) is 23.1 Å². The van der Waals surface area contributed by atoms with E-state index >= 15 is 0 Å². The molecule has 0 radical (unpaired) electrons. The summed E-state index contributed by atoms with van der Waals surface area (Å²) >= 11 is 3.23. The van der Waals surface area contributed by atoms with Gasteiger partial charge in [0, 0.05) is 4.47 Å². The highest BCUT2D eigenvalue weighted by Crippen LogP contribution is 2.23. The SMILES string of the molecule is O=C(NC(C(=O)O)c1ccccc1Br)C1CCS(=O)(=O)N1. The highest BCUT2D eigenvalue weighted by Gasteiger charge is 2.34. The first kappa shape index (κ1) is 15.9. The molecule has 1 amide bonds. The lowest BCUT2D eigenvalue weighted by molar-refractivity contribution is -0.142. The second-order valence-corrected chi connectivity index (χ2v) is 7.31. The monoisotopic (exact) mass is 376 g/mol. The molecule has 0 aliphatic carbocycles. The largest absolute Gasteiger partial charge is 0.479 e. The molecular formula is C12H13BrN2O5S. The highest BCUT2D eigenvalue weighted by molar-refractivity contribution is 9.10. The number of carboxylic acids is 1. The van der Waals surface area contributed by atoms with Crippen LogP contribution in [0.4, 0.5) is 0 Å². The number of hydrogen-bond acceptors (Lipinski definition) is 4. The molecule has 21 heavy (non-hydrogen) atoms. The van der Waals surface area contributed by atoms with Crippen LogP contribution in [0.5, 0.6) is 0 Å². The molecule has 3 N–H and O–H groups in total. The smallest absolute Gasteiger partial charge is 0.330 e. The summed E-state index contributed by atoms with van der Waals surface area (Å²) in [7, 11) is -3.44. The van der Waals surface area contributed by atoms with Crippen LogP contribution < -0.4 is 10.0 Å². The van der Waals surface area contributed by atoms with Gasteiger partial charge in [0.05, 0.1) is 5.75 Å². The molecule has 1 fully saturated rings. The van der Waals surface area contributed by atoms with E-state index in [2.05, 4.69) is 26.0 Å². The van der Waals surface area contributed by atoms with Gasteiger partial charge < -0.3 is 10.4 Å². The van der Waals surface area contributed by atoms with Gasteiger partial charge in [0.25, 0.3) is 0 Å². The maximum atomic E-state index is 12.0. The molecule has 0 spiro atoms. The topological polar surface area (TPSA) is 113 Å². The van der Waals surface area contributed by atoms with Crippen molar-refractivity contribution in [2.24, 2.45) is 0 Å². The Bertz CT molecular complexity index is 676. The normalized spacial score (nSPS) is 21.7. The van der Waals surface area contributed by atoms with Crippen LogP contribution in [0.3, 0.4) is 0 Å². The van der Waals surface area contributed by atoms with Crippen molar-refractivity contribution in [3.63, 3.8) is 0 Å². The second-order valence-electron chi connectivity index (χ2n) is 4.58. The maximum absolute atomic E-state index is 12.0. The summed E-state index contributed by atoms with van der Waals surface area (Å²) in [5.74, 6) is -2.02. The average Bonchev–Trinajstić information content (AvgIpc) is 2.77. The lowest BCUT2D eigenvalue weighted by atomic mass is 10.1. The zero-order chi connectivity index (χ0) is 15.6. The molecule has 1 saturated heterocycles. The molecular weight excluding hydrogens is 364 g/mol. The number of carboxylic acid groups (broad SMARTS) is 1. The fourth-order valence-corrected chi connectivity index (χ4v) is 3.85. The lowest BCUT2D eigenvalue weighted by Crippen LogP contribution is -2.44. The van der Waals surface area contributed by atoms with E-state index in [-0.39, 0.29) is 12.2 Å². The number of hydrogen-bond donors (Lipinski definition) is 3. The Morgan fingerprint density at radius 3 is 2.57 bits per heavy atom. The summed E-state index contributed by atoms with van der Waals surface area (Å²) < 4.78 is 25.3. The quantitative estimate of drug-likeness (QED) is 0.703. The molecule has 9 heteroatoms. The van der Waals surface area contributed by atoms with E-state index in [4.69, 9.17) is 0 Å². The first-order chi connectivity index (χ1) is 9.80. The van der Waals surface area contributed by atoms with Crippen molar-refractivity contribution in [2.75, 3.05) is 5.75 Å². The molecule has 2 unspecified atom stereocenters. The van der Waals surface area contributed by atoms with Crippen LogP contribution in [-0.2, 0) is 19.6 Å². The molecule has 1 aromatic rings. The minimum atomic E-state index is -3.44. The Morgan fingerprint density at radius 2 is 2.05 bits per heavy atom. The van der Waals surface area contributed by atoms with Crippen LogP contribution in [0.2, 0.25) is 0 Å². The molecule has 0 bridgehead atoms. The fourth-order valence-electron chi connectivity index (χ4n) is 2.02. The standard InChI is InChI=1S/C12H13BrN2O5S/c13-8-4-2-1-3-7(8)10(12(17)18)14-11(16)9-5-6-21(19,20)15-9/h1-4,9-10,15H,5-6H2,(H,14,16)(H,17,18). The number of sulfonamides is 1. The third-order valence-electron chi connectivity index (χ3n) is 3.06. The predicted molar refractivity (Wildman–Crippen MR) is 78.0 cm³/mol. The summed E-state index contributed by atoms with van der Waals surface area (Å²) in [5, 5.41) is 11.6. The maximum Gasteiger partial charge on any atom is 0.330 e. The average molecular weight is 377 g/mol. The third-order valence-corrected chi connectivity index (χ3v) is 5.20. The van der Waals surface area contributed by atoms with Gasteiger partial charge in [-0.3, -0.25) is 4.79 Å². The van der Waals surface area contributed by atoms with Crippen LogP contribution in [0.1, 0.15) is 18.0 Å². The first-order valence-corrected chi connectivity index (χ1v) is 8.52. The Hall–Kier alpha value is -1.45. The van der Waals surface area contributed by atoms with Crippen molar-refractivity contribution < 1.29 is 23.1 Å². The molecule has 7 nitrogen and oxygen atoms in total. The molecule has 0 saturated carbocycles. The molecule has 1 aromatic carbocycles. The van der Waals surface area contributed by atoms with E-state index in [0.29, 0.717) is 10.0 Å². The fraction of sp³-hybridized carbons (Fsp3) is 0.333. The number of carbonyl (C=O) groups excluding carboxylic acids is 1. The third kappa shape index (κ3) is 3.80. The Balaban J connectivity index is 2.16.